The highest BCUT2D eigenvalue weighted by Crippen LogP contribution is 2.23. The van der Waals surface area contributed by atoms with Crippen LogP contribution in [0.25, 0.3) is 0 Å². The molecule has 0 amide bonds. The highest BCUT2D eigenvalue weighted by molar-refractivity contribution is 6.29. The molecule has 0 atom stereocenters. The highest BCUT2D eigenvalue weighted by atomic mass is 35.5. The van der Waals surface area contributed by atoms with Crippen LogP contribution < -0.4 is 4.74 Å². The van der Waals surface area contributed by atoms with Crippen molar-refractivity contribution in [2.75, 3.05) is 6.61 Å². The van der Waals surface area contributed by atoms with Gasteiger partial charge in [-0.25, -0.2) is 13.8 Å². The van der Waals surface area contributed by atoms with Crippen LogP contribution in [0.3, 0.4) is 0 Å². The molecule has 0 aliphatic rings. The number of rotatable bonds is 5. The summed E-state index contributed by atoms with van der Waals surface area (Å²) in [6, 6.07) is 4.55. The van der Waals surface area contributed by atoms with Crippen molar-refractivity contribution >= 4 is 11.6 Å². The molecular formula is C13H11ClF2N2O2. The molecular weight excluding hydrogens is 290 g/mol. The van der Waals surface area contributed by atoms with Gasteiger partial charge in [-0.05, 0) is 19.1 Å². The second-order valence-electron chi connectivity index (χ2n) is 3.76. The normalized spacial score (nSPS) is 10.6. The number of ether oxygens (including phenoxy) is 2. The minimum absolute atomic E-state index is 0.112. The van der Waals surface area contributed by atoms with Gasteiger partial charge in [0.15, 0.2) is 17.5 Å². The number of benzene rings is 1. The molecule has 4 nitrogen and oxygen atoms in total. The van der Waals surface area contributed by atoms with Crippen LogP contribution in [0, 0.1) is 11.6 Å². The van der Waals surface area contributed by atoms with Crippen molar-refractivity contribution in [2.45, 2.75) is 13.5 Å². The van der Waals surface area contributed by atoms with E-state index in [1.165, 1.54) is 12.1 Å². The lowest BCUT2D eigenvalue weighted by atomic mass is 10.3. The summed E-state index contributed by atoms with van der Waals surface area (Å²) in [5, 5.41) is 0.173. The van der Waals surface area contributed by atoms with E-state index in [1.807, 2.05) is 6.92 Å². The Morgan fingerprint density at radius 2 is 1.95 bits per heavy atom. The zero-order chi connectivity index (χ0) is 14.5. The third-order valence-corrected chi connectivity index (χ3v) is 2.46. The van der Waals surface area contributed by atoms with Gasteiger partial charge in [-0.1, -0.05) is 11.6 Å². The largest absolute Gasteiger partial charge is 0.439 e. The van der Waals surface area contributed by atoms with E-state index in [0.29, 0.717) is 12.4 Å². The van der Waals surface area contributed by atoms with E-state index in [9.17, 15) is 8.78 Å². The van der Waals surface area contributed by atoms with Crippen molar-refractivity contribution in [3.8, 4) is 11.6 Å². The van der Waals surface area contributed by atoms with Crippen LogP contribution in [0.4, 0.5) is 8.78 Å². The molecule has 2 rings (SSSR count). The van der Waals surface area contributed by atoms with E-state index < -0.39 is 11.6 Å². The highest BCUT2D eigenvalue weighted by Gasteiger charge is 2.08. The van der Waals surface area contributed by atoms with E-state index in [2.05, 4.69) is 9.97 Å². The van der Waals surface area contributed by atoms with Crippen molar-refractivity contribution in [3.05, 3.63) is 46.9 Å². The third-order valence-electron chi connectivity index (χ3n) is 2.27. The first-order valence-electron chi connectivity index (χ1n) is 5.82. The molecule has 0 fully saturated rings. The molecule has 0 aliphatic carbocycles. The van der Waals surface area contributed by atoms with Gasteiger partial charge in [0, 0.05) is 18.7 Å². The lowest BCUT2D eigenvalue weighted by molar-refractivity contribution is 0.128. The summed E-state index contributed by atoms with van der Waals surface area (Å²) in [6.45, 7) is 2.53. The van der Waals surface area contributed by atoms with E-state index in [0.717, 1.165) is 12.1 Å². The molecule has 0 bridgehead atoms. The van der Waals surface area contributed by atoms with E-state index in [4.69, 9.17) is 21.1 Å². The van der Waals surface area contributed by atoms with Gasteiger partial charge >= 0.3 is 0 Å². The summed E-state index contributed by atoms with van der Waals surface area (Å²) >= 11 is 5.83. The molecule has 20 heavy (non-hydrogen) atoms. The molecule has 2 aromatic rings. The molecule has 0 saturated heterocycles. The van der Waals surface area contributed by atoms with Gasteiger partial charge in [0.2, 0.25) is 5.88 Å². The van der Waals surface area contributed by atoms with Crippen molar-refractivity contribution in [1.29, 1.82) is 0 Å². The van der Waals surface area contributed by atoms with Crippen LogP contribution in [0.1, 0.15) is 12.7 Å². The van der Waals surface area contributed by atoms with Crippen molar-refractivity contribution in [3.63, 3.8) is 0 Å². The minimum atomic E-state index is -1.00. The summed E-state index contributed by atoms with van der Waals surface area (Å²) < 4.78 is 36.4. The SMILES string of the molecule is CCOCc1nc(Cl)cc(Oc2ccc(F)c(F)c2)n1. The Morgan fingerprint density at radius 1 is 1.15 bits per heavy atom. The van der Waals surface area contributed by atoms with Crippen LogP contribution in [0.15, 0.2) is 24.3 Å². The number of halogens is 3. The van der Waals surface area contributed by atoms with Crippen LogP contribution in [-0.4, -0.2) is 16.6 Å². The van der Waals surface area contributed by atoms with E-state index in [-0.39, 0.29) is 23.4 Å². The Kier molecular flexibility index (Phi) is 4.81. The monoisotopic (exact) mass is 300 g/mol. The fraction of sp³-hybridized carbons (Fsp3) is 0.231. The van der Waals surface area contributed by atoms with Gasteiger partial charge in [0.25, 0.3) is 0 Å². The quantitative estimate of drug-likeness (QED) is 0.789. The Labute approximate surface area is 119 Å². The predicted octanol–water partition coefficient (Wildman–Crippen LogP) is 3.74. The summed E-state index contributed by atoms with van der Waals surface area (Å²) in [5.41, 5.74) is 0. The summed E-state index contributed by atoms with van der Waals surface area (Å²) in [7, 11) is 0. The lowest BCUT2D eigenvalue weighted by Crippen LogP contribution is -2.01. The first-order valence-corrected chi connectivity index (χ1v) is 6.20. The second kappa shape index (κ2) is 6.58. The molecule has 0 aliphatic heterocycles. The molecule has 106 valence electrons. The fourth-order valence-corrected chi connectivity index (χ4v) is 1.60. The molecule has 1 aromatic heterocycles. The van der Waals surface area contributed by atoms with Gasteiger partial charge in [0.05, 0.1) is 0 Å². The Bertz CT molecular complexity index is 611. The van der Waals surface area contributed by atoms with Crippen LogP contribution >= 0.6 is 11.6 Å². The maximum atomic E-state index is 13.1. The third kappa shape index (κ3) is 3.85. The molecule has 0 radical (unpaired) electrons. The maximum Gasteiger partial charge on any atom is 0.224 e. The van der Waals surface area contributed by atoms with Crippen molar-refractivity contribution in [1.82, 2.24) is 9.97 Å². The molecule has 0 N–H and O–H groups in total. The van der Waals surface area contributed by atoms with Crippen LogP contribution in [-0.2, 0) is 11.3 Å². The summed E-state index contributed by atoms with van der Waals surface area (Å²) in [4.78, 5) is 8.02. The average Bonchev–Trinajstić information content (AvgIpc) is 2.40. The number of hydrogen-bond acceptors (Lipinski definition) is 4. The van der Waals surface area contributed by atoms with Gasteiger partial charge < -0.3 is 9.47 Å². The number of aromatic nitrogens is 2. The van der Waals surface area contributed by atoms with Gasteiger partial charge in [-0.15, -0.1) is 0 Å². The number of hydrogen-bond donors (Lipinski definition) is 0. The smallest absolute Gasteiger partial charge is 0.224 e. The van der Waals surface area contributed by atoms with Gasteiger partial charge in [-0.2, -0.15) is 4.98 Å². The topological polar surface area (TPSA) is 44.2 Å². The maximum absolute atomic E-state index is 13.1. The van der Waals surface area contributed by atoms with E-state index >= 15 is 0 Å². The summed E-state index contributed by atoms with van der Waals surface area (Å²) in [5.74, 6) is -1.36. The Hall–Kier alpha value is -1.79. The Morgan fingerprint density at radius 3 is 2.65 bits per heavy atom. The van der Waals surface area contributed by atoms with Crippen molar-refractivity contribution < 1.29 is 18.3 Å². The fourth-order valence-electron chi connectivity index (χ4n) is 1.41. The summed E-state index contributed by atoms with van der Waals surface area (Å²) in [6.07, 6.45) is 0. The Balaban J connectivity index is 2.19. The lowest BCUT2D eigenvalue weighted by Gasteiger charge is -2.07. The van der Waals surface area contributed by atoms with Gasteiger partial charge in [0.1, 0.15) is 17.5 Å². The first-order chi connectivity index (χ1) is 9.58. The first kappa shape index (κ1) is 14.6. The molecule has 0 spiro atoms. The van der Waals surface area contributed by atoms with E-state index in [1.54, 1.807) is 0 Å². The molecule has 7 heteroatoms. The second-order valence-corrected chi connectivity index (χ2v) is 4.15. The molecule has 0 saturated carbocycles. The molecule has 1 heterocycles. The minimum Gasteiger partial charge on any atom is -0.439 e. The molecule has 1 aromatic carbocycles. The molecule has 0 unspecified atom stereocenters. The zero-order valence-electron chi connectivity index (χ0n) is 10.6. The van der Waals surface area contributed by atoms with Crippen molar-refractivity contribution in [2.24, 2.45) is 0 Å². The van der Waals surface area contributed by atoms with Gasteiger partial charge in [-0.3, -0.25) is 0 Å². The number of nitrogens with zero attached hydrogens (tertiary/aromatic N) is 2. The average molecular weight is 301 g/mol. The predicted molar refractivity (Wildman–Crippen MR) is 68.8 cm³/mol. The van der Waals surface area contributed by atoms with Crippen LogP contribution in [0.2, 0.25) is 5.15 Å². The van der Waals surface area contributed by atoms with Crippen LogP contribution in [0.5, 0.6) is 11.6 Å². The zero-order valence-corrected chi connectivity index (χ0v) is 11.3. The standard InChI is InChI=1S/C13H11ClF2N2O2/c1-2-19-7-12-17-11(14)6-13(18-12)20-8-3-4-9(15)10(16)5-8/h3-6H,2,7H2,1H3.